The number of carbonyl (C=O) groups is 1. The Morgan fingerprint density at radius 3 is 2.41 bits per heavy atom. The number of imidazole rings is 1. The molecule has 0 radical (unpaired) electrons. The molecule has 0 spiro atoms. The summed E-state index contributed by atoms with van der Waals surface area (Å²) in [6.45, 7) is 1.90. The van der Waals surface area contributed by atoms with Crippen LogP contribution in [-0.4, -0.2) is 19.9 Å². The van der Waals surface area contributed by atoms with Gasteiger partial charge >= 0.3 is 0 Å². The Labute approximate surface area is 182 Å². The minimum absolute atomic E-state index is 0.0232. The summed E-state index contributed by atoms with van der Waals surface area (Å²) in [7, 11) is 0. The van der Waals surface area contributed by atoms with Crippen molar-refractivity contribution in [3.05, 3.63) is 101 Å². The molecule has 3 aromatic carbocycles. The van der Waals surface area contributed by atoms with Crippen molar-refractivity contribution in [2.45, 2.75) is 13.5 Å². The van der Waals surface area contributed by atoms with E-state index in [1.54, 1.807) is 16.7 Å². The van der Waals surface area contributed by atoms with E-state index in [4.69, 9.17) is 0 Å². The van der Waals surface area contributed by atoms with Crippen molar-refractivity contribution in [3.8, 4) is 11.3 Å². The van der Waals surface area contributed by atoms with E-state index in [0.717, 1.165) is 11.3 Å². The molecule has 0 bridgehead atoms. The number of benzene rings is 3. The third kappa shape index (κ3) is 3.43. The predicted octanol–water partition coefficient (Wildman–Crippen LogP) is 4.40. The standard InChI is InChI=1S/C25H19FN4O2/c1-16-6-2-3-7-19(16)27-23(31)15-29-21-8-4-5-9-22(21)30-24(32)14-20(28-25(29)30)17-10-12-18(26)13-11-17/h2-14H,15H2,1H3,(H,27,31). The predicted molar refractivity (Wildman–Crippen MR) is 122 cm³/mol. The van der Waals surface area contributed by atoms with Crippen LogP contribution in [0.3, 0.4) is 0 Å². The molecule has 32 heavy (non-hydrogen) atoms. The van der Waals surface area contributed by atoms with Crippen LogP contribution in [0.25, 0.3) is 28.1 Å². The van der Waals surface area contributed by atoms with Crippen LogP contribution >= 0.6 is 0 Å². The number of aromatic nitrogens is 3. The summed E-state index contributed by atoms with van der Waals surface area (Å²) < 4.78 is 16.6. The Morgan fingerprint density at radius 1 is 0.969 bits per heavy atom. The molecule has 0 saturated carbocycles. The summed E-state index contributed by atoms with van der Waals surface area (Å²) in [5, 5.41) is 2.93. The van der Waals surface area contributed by atoms with Crippen LogP contribution < -0.4 is 10.9 Å². The minimum atomic E-state index is -0.367. The largest absolute Gasteiger partial charge is 0.324 e. The van der Waals surface area contributed by atoms with Crippen molar-refractivity contribution in [1.29, 1.82) is 0 Å². The van der Waals surface area contributed by atoms with E-state index in [1.165, 1.54) is 22.6 Å². The summed E-state index contributed by atoms with van der Waals surface area (Å²) in [6.07, 6.45) is 0. The molecule has 2 aromatic heterocycles. The van der Waals surface area contributed by atoms with E-state index in [1.807, 2.05) is 55.5 Å². The first-order chi connectivity index (χ1) is 15.5. The number of nitrogens with zero attached hydrogens (tertiary/aromatic N) is 3. The molecule has 0 aliphatic carbocycles. The van der Waals surface area contributed by atoms with Gasteiger partial charge in [0.1, 0.15) is 12.4 Å². The molecule has 5 aromatic rings. The van der Waals surface area contributed by atoms with Crippen LogP contribution in [-0.2, 0) is 11.3 Å². The van der Waals surface area contributed by atoms with Crippen molar-refractivity contribution in [1.82, 2.24) is 14.0 Å². The monoisotopic (exact) mass is 426 g/mol. The number of nitrogens with one attached hydrogen (secondary N) is 1. The van der Waals surface area contributed by atoms with Gasteiger partial charge in [-0.15, -0.1) is 0 Å². The number of anilines is 1. The van der Waals surface area contributed by atoms with Crippen molar-refractivity contribution in [2.24, 2.45) is 0 Å². The van der Waals surface area contributed by atoms with Gasteiger partial charge in [-0.25, -0.2) is 13.8 Å². The number of carbonyl (C=O) groups excluding carboxylic acids is 1. The van der Waals surface area contributed by atoms with E-state index in [9.17, 15) is 14.0 Å². The fraction of sp³-hybridized carbons (Fsp3) is 0.0800. The number of rotatable bonds is 4. The van der Waals surface area contributed by atoms with Gasteiger partial charge in [0.05, 0.1) is 16.7 Å². The van der Waals surface area contributed by atoms with E-state index in [-0.39, 0.29) is 23.8 Å². The number of hydrogen-bond acceptors (Lipinski definition) is 3. The molecule has 0 unspecified atom stereocenters. The fourth-order valence-corrected chi connectivity index (χ4v) is 3.84. The van der Waals surface area contributed by atoms with Crippen molar-refractivity contribution < 1.29 is 9.18 Å². The molecule has 0 saturated heterocycles. The topological polar surface area (TPSA) is 68.4 Å². The zero-order chi connectivity index (χ0) is 22.2. The van der Waals surface area contributed by atoms with Gasteiger partial charge in [0, 0.05) is 17.3 Å². The Bertz CT molecular complexity index is 1530. The number of aryl methyl sites for hydroxylation is 1. The molecule has 0 aliphatic heterocycles. The molecular formula is C25H19FN4O2. The van der Waals surface area contributed by atoms with Crippen LogP contribution in [0.15, 0.2) is 83.7 Å². The van der Waals surface area contributed by atoms with Gasteiger partial charge in [-0.1, -0.05) is 30.3 Å². The number of para-hydroxylation sites is 3. The van der Waals surface area contributed by atoms with E-state index in [0.29, 0.717) is 28.1 Å². The number of fused-ring (bicyclic) bond motifs is 3. The van der Waals surface area contributed by atoms with E-state index >= 15 is 0 Å². The lowest BCUT2D eigenvalue weighted by molar-refractivity contribution is -0.116. The van der Waals surface area contributed by atoms with Gasteiger partial charge in [0.2, 0.25) is 11.7 Å². The van der Waals surface area contributed by atoms with Crippen LogP contribution in [0, 0.1) is 12.7 Å². The molecule has 0 aliphatic rings. The molecule has 7 heteroatoms. The highest BCUT2D eigenvalue weighted by Gasteiger charge is 2.17. The number of halogens is 1. The van der Waals surface area contributed by atoms with Gasteiger partial charge in [-0.2, -0.15) is 0 Å². The van der Waals surface area contributed by atoms with E-state index in [2.05, 4.69) is 10.3 Å². The van der Waals surface area contributed by atoms with Gasteiger partial charge in [-0.3, -0.25) is 9.59 Å². The number of amides is 1. The molecule has 6 nitrogen and oxygen atoms in total. The molecule has 1 N–H and O–H groups in total. The molecule has 5 rings (SSSR count). The van der Waals surface area contributed by atoms with Crippen molar-refractivity contribution in [2.75, 3.05) is 5.32 Å². The number of hydrogen-bond donors (Lipinski definition) is 1. The van der Waals surface area contributed by atoms with Crippen LogP contribution in [0.5, 0.6) is 0 Å². The average molecular weight is 426 g/mol. The highest BCUT2D eigenvalue weighted by atomic mass is 19.1. The van der Waals surface area contributed by atoms with Crippen molar-refractivity contribution >= 4 is 28.4 Å². The Hall–Kier alpha value is -4.26. The Morgan fingerprint density at radius 2 is 1.66 bits per heavy atom. The SMILES string of the molecule is Cc1ccccc1NC(=O)Cn1c2ccccc2n2c(=O)cc(-c3ccc(F)cc3)nc12. The van der Waals surface area contributed by atoms with Crippen LogP contribution in [0.4, 0.5) is 10.1 Å². The Balaban J connectivity index is 1.64. The fourth-order valence-electron chi connectivity index (χ4n) is 3.84. The lowest BCUT2D eigenvalue weighted by atomic mass is 10.1. The second-order valence-corrected chi connectivity index (χ2v) is 7.56. The lowest BCUT2D eigenvalue weighted by Gasteiger charge is -2.10. The molecule has 0 fully saturated rings. The molecular weight excluding hydrogens is 407 g/mol. The molecule has 158 valence electrons. The normalized spacial score (nSPS) is 11.2. The molecule has 1 amide bonds. The lowest BCUT2D eigenvalue weighted by Crippen LogP contribution is -2.21. The minimum Gasteiger partial charge on any atom is -0.324 e. The smallest absolute Gasteiger partial charge is 0.260 e. The highest BCUT2D eigenvalue weighted by molar-refractivity contribution is 5.93. The summed E-state index contributed by atoms with van der Waals surface area (Å²) in [6, 6.07) is 22.1. The van der Waals surface area contributed by atoms with E-state index < -0.39 is 0 Å². The summed E-state index contributed by atoms with van der Waals surface area (Å²) in [4.78, 5) is 30.6. The molecule has 0 atom stereocenters. The average Bonchev–Trinajstić information content (AvgIpc) is 3.10. The summed E-state index contributed by atoms with van der Waals surface area (Å²) in [5.74, 6) is -0.254. The van der Waals surface area contributed by atoms with Crippen molar-refractivity contribution in [3.63, 3.8) is 0 Å². The van der Waals surface area contributed by atoms with Gasteiger partial charge in [0.25, 0.3) is 5.56 Å². The third-order valence-electron chi connectivity index (χ3n) is 5.42. The third-order valence-corrected chi connectivity index (χ3v) is 5.42. The van der Waals surface area contributed by atoms with Crippen LogP contribution in [0.1, 0.15) is 5.56 Å². The first kappa shape index (κ1) is 19.7. The van der Waals surface area contributed by atoms with Gasteiger partial charge in [0.15, 0.2) is 0 Å². The first-order valence-corrected chi connectivity index (χ1v) is 10.1. The summed E-state index contributed by atoms with van der Waals surface area (Å²) in [5.41, 5.74) is 3.82. The second-order valence-electron chi connectivity index (χ2n) is 7.56. The maximum atomic E-state index is 13.4. The maximum absolute atomic E-state index is 13.4. The maximum Gasteiger partial charge on any atom is 0.260 e. The zero-order valence-electron chi connectivity index (χ0n) is 17.2. The zero-order valence-corrected chi connectivity index (χ0v) is 17.2. The van der Waals surface area contributed by atoms with Gasteiger partial charge in [-0.05, 0) is 55.0 Å². The quantitative estimate of drug-likeness (QED) is 0.463. The second kappa shape index (κ2) is 7.77. The first-order valence-electron chi connectivity index (χ1n) is 10.1. The molecule has 2 heterocycles. The van der Waals surface area contributed by atoms with Gasteiger partial charge < -0.3 is 9.88 Å². The summed E-state index contributed by atoms with van der Waals surface area (Å²) >= 11 is 0. The Kier molecular flexibility index (Phi) is 4.78. The van der Waals surface area contributed by atoms with Crippen LogP contribution in [0.2, 0.25) is 0 Å². The highest BCUT2D eigenvalue weighted by Crippen LogP contribution is 2.22.